The van der Waals surface area contributed by atoms with Crippen LogP contribution in [0.2, 0.25) is 0 Å². The van der Waals surface area contributed by atoms with Gasteiger partial charge in [0.2, 0.25) is 5.91 Å². The van der Waals surface area contributed by atoms with Gasteiger partial charge < -0.3 is 10.4 Å². The third kappa shape index (κ3) is 5.88. The molecule has 1 amide bonds. The summed E-state index contributed by atoms with van der Waals surface area (Å²) in [7, 11) is 0. The van der Waals surface area contributed by atoms with Gasteiger partial charge in [0.15, 0.2) is 0 Å². The van der Waals surface area contributed by atoms with Gasteiger partial charge in [-0.05, 0) is 30.9 Å². The molecule has 2 N–H and O–H groups in total. The number of nitrogens with one attached hydrogen (secondary N) is 1. The maximum atomic E-state index is 12.3. The van der Waals surface area contributed by atoms with Crippen molar-refractivity contribution in [3.8, 4) is 0 Å². The minimum atomic E-state index is -0.857. The van der Waals surface area contributed by atoms with Gasteiger partial charge in [-0.25, -0.2) is 0 Å². The van der Waals surface area contributed by atoms with Crippen LogP contribution in [0.3, 0.4) is 0 Å². The first-order valence-electron chi connectivity index (χ1n) is 8.16. The number of aryl methyl sites for hydroxylation is 2. The number of aliphatic carboxylic acids is 1. The van der Waals surface area contributed by atoms with Gasteiger partial charge in [0, 0.05) is 12.8 Å². The molecule has 1 unspecified atom stereocenters. The molecule has 2 aromatic rings. The van der Waals surface area contributed by atoms with Gasteiger partial charge in [-0.1, -0.05) is 60.2 Å². The molecule has 2 aromatic carbocycles. The Morgan fingerprint density at radius 3 is 2.29 bits per heavy atom. The van der Waals surface area contributed by atoms with Gasteiger partial charge in [-0.2, -0.15) is 0 Å². The fourth-order valence-electron chi connectivity index (χ4n) is 2.55. The lowest BCUT2D eigenvalue weighted by atomic mass is 10.0. The minimum Gasteiger partial charge on any atom is -0.481 e. The Kier molecular flexibility index (Phi) is 6.55. The highest BCUT2D eigenvalue weighted by atomic mass is 16.4. The second kappa shape index (κ2) is 8.87. The third-order valence-electron chi connectivity index (χ3n) is 3.95. The zero-order chi connectivity index (χ0) is 17.4. The van der Waals surface area contributed by atoms with E-state index in [-0.39, 0.29) is 18.4 Å². The molecular formula is C20H23NO3. The molecule has 0 radical (unpaired) electrons. The first-order chi connectivity index (χ1) is 11.5. The lowest BCUT2D eigenvalue weighted by molar-refractivity contribution is -0.137. The number of amides is 1. The van der Waals surface area contributed by atoms with Crippen molar-refractivity contribution in [2.45, 2.75) is 38.6 Å². The van der Waals surface area contributed by atoms with Crippen molar-refractivity contribution in [3.05, 3.63) is 71.3 Å². The highest BCUT2D eigenvalue weighted by Gasteiger charge is 2.15. The number of carboxylic acids is 1. The summed E-state index contributed by atoms with van der Waals surface area (Å²) in [5.41, 5.74) is 3.25. The van der Waals surface area contributed by atoms with E-state index in [9.17, 15) is 9.59 Å². The van der Waals surface area contributed by atoms with E-state index < -0.39 is 5.97 Å². The summed E-state index contributed by atoms with van der Waals surface area (Å²) in [5, 5.41) is 11.9. The Labute approximate surface area is 142 Å². The summed E-state index contributed by atoms with van der Waals surface area (Å²) < 4.78 is 0. The molecule has 0 spiro atoms. The van der Waals surface area contributed by atoms with Gasteiger partial charge in [0.05, 0.1) is 6.04 Å². The summed E-state index contributed by atoms with van der Waals surface area (Å²) in [4.78, 5) is 23.1. The van der Waals surface area contributed by atoms with E-state index in [1.165, 1.54) is 5.56 Å². The molecule has 1 atom stereocenters. The minimum absolute atomic E-state index is 0.0256. The molecule has 0 aliphatic carbocycles. The van der Waals surface area contributed by atoms with E-state index in [1.54, 1.807) is 0 Å². The molecule has 4 nitrogen and oxygen atoms in total. The summed E-state index contributed by atoms with van der Waals surface area (Å²) in [6, 6.07) is 17.4. The molecule has 0 aliphatic heterocycles. The molecule has 2 rings (SSSR count). The van der Waals surface area contributed by atoms with Crippen molar-refractivity contribution in [3.63, 3.8) is 0 Å². The fourth-order valence-corrected chi connectivity index (χ4v) is 2.55. The number of carbonyl (C=O) groups is 2. The van der Waals surface area contributed by atoms with Crippen LogP contribution in [0.4, 0.5) is 0 Å². The number of benzene rings is 2. The Balaban J connectivity index is 1.93. The van der Waals surface area contributed by atoms with Crippen LogP contribution >= 0.6 is 0 Å². The topological polar surface area (TPSA) is 66.4 Å². The van der Waals surface area contributed by atoms with Crippen LogP contribution in [0.5, 0.6) is 0 Å². The second-order valence-electron chi connectivity index (χ2n) is 5.95. The number of rotatable bonds is 8. The van der Waals surface area contributed by atoms with E-state index in [0.717, 1.165) is 11.1 Å². The second-order valence-corrected chi connectivity index (χ2v) is 5.95. The summed E-state index contributed by atoms with van der Waals surface area (Å²) in [5.74, 6) is -0.917. The molecule has 0 aliphatic rings. The molecule has 0 bridgehead atoms. The Morgan fingerprint density at radius 2 is 1.67 bits per heavy atom. The highest BCUT2D eigenvalue weighted by Crippen LogP contribution is 2.18. The Bertz CT molecular complexity index is 665. The van der Waals surface area contributed by atoms with E-state index >= 15 is 0 Å². The van der Waals surface area contributed by atoms with Crippen LogP contribution in [0.25, 0.3) is 0 Å². The molecule has 0 aromatic heterocycles. The van der Waals surface area contributed by atoms with Crippen LogP contribution in [0, 0.1) is 6.92 Å². The highest BCUT2D eigenvalue weighted by molar-refractivity contribution is 5.77. The van der Waals surface area contributed by atoms with Crippen molar-refractivity contribution in [1.82, 2.24) is 5.32 Å². The molecule has 0 heterocycles. The van der Waals surface area contributed by atoms with Gasteiger partial charge in [-0.15, -0.1) is 0 Å². The molecule has 126 valence electrons. The first kappa shape index (κ1) is 17.7. The Hall–Kier alpha value is -2.62. The van der Waals surface area contributed by atoms with Crippen LogP contribution < -0.4 is 5.32 Å². The van der Waals surface area contributed by atoms with E-state index in [4.69, 9.17) is 5.11 Å². The number of hydrogen-bond donors (Lipinski definition) is 2. The average molecular weight is 325 g/mol. The number of carbonyl (C=O) groups excluding carboxylic acids is 1. The standard InChI is InChI=1S/C20H23NO3/c1-15-7-9-16(10-8-15)11-13-19(22)21-18(12-14-20(23)24)17-5-3-2-4-6-17/h2-10,18H,11-14H2,1H3,(H,21,22)(H,23,24). The maximum absolute atomic E-state index is 12.3. The zero-order valence-corrected chi connectivity index (χ0v) is 13.9. The van der Waals surface area contributed by atoms with Gasteiger partial charge in [0.25, 0.3) is 0 Å². The molecule has 24 heavy (non-hydrogen) atoms. The average Bonchev–Trinajstić information content (AvgIpc) is 2.58. The van der Waals surface area contributed by atoms with Crippen LogP contribution in [0.15, 0.2) is 54.6 Å². The fraction of sp³-hybridized carbons (Fsp3) is 0.300. The number of carboxylic acid groups (broad SMARTS) is 1. The molecule has 0 saturated carbocycles. The van der Waals surface area contributed by atoms with Gasteiger partial charge >= 0.3 is 5.97 Å². The smallest absolute Gasteiger partial charge is 0.303 e. The predicted molar refractivity (Wildman–Crippen MR) is 93.7 cm³/mol. The molecule has 4 heteroatoms. The summed E-state index contributed by atoms with van der Waals surface area (Å²) in [6.45, 7) is 2.03. The molecule has 0 saturated heterocycles. The quantitative estimate of drug-likeness (QED) is 0.778. The molecule has 0 fully saturated rings. The van der Waals surface area contributed by atoms with Gasteiger partial charge in [-0.3, -0.25) is 9.59 Å². The SMILES string of the molecule is Cc1ccc(CCC(=O)NC(CCC(=O)O)c2ccccc2)cc1. The Morgan fingerprint density at radius 1 is 1.00 bits per heavy atom. The van der Waals surface area contributed by atoms with Crippen molar-refractivity contribution >= 4 is 11.9 Å². The van der Waals surface area contributed by atoms with Gasteiger partial charge in [0.1, 0.15) is 0 Å². The van der Waals surface area contributed by atoms with E-state index in [1.807, 2.05) is 61.5 Å². The first-order valence-corrected chi connectivity index (χ1v) is 8.16. The van der Waals surface area contributed by atoms with Crippen molar-refractivity contribution in [2.75, 3.05) is 0 Å². The third-order valence-corrected chi connectivity index (χ3v) is 3.95. The number of hydrogen-bond acceptors (Lipinski definition) is 2. The maximum Gasteiger partial charge on any atom is 0.303 e. The lowest BCUT2D eigenvalue weighted by Gasteiger charge is -2.18. The zero-order valence-electron chi connectivity index (χ0n) is 13.9. The van der Waals surface area contributed by atoms with Crippen LogP contribution in [0.1, 0.15) is 42.0 Å². The van der Waals surface area contributed by atoms with Crippen molar-refractivity contribution in [2.24, 2.45) is 0 Å². The molecular weight excluding hydrogens is 302 g/mol. The van der Waals surface area contributed by atoms with Crippen molar-refractivity contribution < 1.29 is 14.7 Å². The normalized spacial score (nSPS) is 11.7. The van der Waals surface area contributed by atoms with Crippen LogP contribution in [-0.4, -0.2) is 17.0 Å². The van der Waals surface area contributed by atoms with Crippen molar-refractivity contribution in [1.29, 1.82) is 0 Å². The van der Waals surface area contributed by atoms with Crippen LogP contribution in [-0.2, 0) is 16.0 Å². The summed E-state index contributed by atoms with van der Waals surface area (Å²) in [6.07, 6.45) is 1.47. The summed E-state index contributed by atoms with van der Waals surface area (Å²) >= 11 is 0. The monoisotopic (exact) mass is 325 g/mol. The largest absolute Gasteiger partial charge is 0.481 e. The van der Waals surface area contributed by atoms with E-state index in [0.29, 0.717) is 19.3 Å². The lowest BCUT2D eigenvalue weighted by Crippen LogP contribution is -2.29. The van der Waals surface area contributed by atoms with E-state index in [2.05, 4.69) is 5.32 Å². The predicted octanol–water partition coefficient (Wildman–Crippen LogP) is 3.65.